The van der Waals surface area contributed by atoms with Gasteiger partial charge in [0.25, 0.3) is 0 Å². The lowest BCUT2D eigenvalue weighted by atomic mass is 10.2. The lowest BCUT2D eigenvalue weighted by Gasteiger charge is -2.35. The number of nitrogens with zero attached hydrogens (tertiary/aromatic N) is 5. The summed E-state index contributed by atoms with van der Waals surface area (Å²) in [5.41, 5.74) is 1.10. The summed E-state index contributed by atoms with van der Waals surface area (Å²) in [6.07, 6.45) is 2.62. The number of fused-ring (bicyclic) bond motifs is 1. The van der Waals surface area contributed by atoms with Gasteiger partial charge in [-0.1, -0.05) is 19.1 Å². The molecule has 1 aromatic carbocycles. The largest absolute Gasteiger partial charge is 0.353 e. The zero-order valence-electron chi connectivity index (χ0n) is 13.1. The summed E-state index contributed by atoms with van der Waals surface area (Å²) in [4.78, 5) is 13.4. The van der Waals surface area contributed by atoms with E-state index in [0.717, 1.165) is 49.9 Å². The Morgan fingerprint density at radius 2 is 1.83 bits per heavy atom. The Morgan fingerprint density at radius 3 is 2.65 bits per heavy atom. The smallest absolute Gasteiger partial charge is 0.150 e. The maximum absolute atomic E-state index is 4.67. The number of hydrogen-bond acceptors (Lipinski definition) is 6. The fourth-order valence-electron chi connectivity index (χ4n) is 3.00. The lowest BCUT2D eigenvalue weighted by Crippen LogP contribution is -2.47. The number of aromatic nitrogens is 3. The Morgan fingerprint density at radius 1 is 1.04 bits per heavy atom. The fraction of sp³-hybridized carbons (Fsp3) is 0.353. The molecule has 0 bridgehead atoms. The molecule has 0 N–H and O–H groups in total. The molecular weight excluding hydrogens is 306 g/mol. The van der Waals surface area contributed by atoms with Crippen LogP contribution in [0, 0.1) is 0 Å². The molecular formula is C17H19N5S. The molecule has 1 aliphatic rings. The molecule has 2 aromatic heterocycles. The Balaban J connectivity index is 1.50. The van der Waals surface area contributed by atoms with Gasteiger partial charge in [0.2, 0.25) is 0 Å². The zero-order chi connectivity index (χ0) is 15.6. The van der Waals surface area contributed by atoms with Crippen molar-refractivity contribution in [2.75, 3.05) is 36.0 Å². The minimum atomic E-state index is 0.945. The first kappa shape index (κ1) is 14.4. The molecule has 0 amide bonds. The van der Waals surface area contributed by atoms with Gasteiger partial charge in [-0.05, 0) is 30.1 Å². The number of anilines is 2. The van der Waals surface area contributed by atoms with Gasteiger partial charge in [0.15, 0.2) is 0 Å². The molecule has 0 spiro atoms. The van der Waals surface area contributed by atoms with Crippen LogP contribution in [0.4, 0.5) is 11.6 Å². The molecule has 23 heavy (non-hydrogen) atoms. The number of benzene rings is 1. The first-order chi connectivity index (χ1) is 11.3. The number of aryl methyl sites for hydroxylation is 1. The lowest BCUT2D eigenvalue weighted by molar-refractivity contribution is 0.643. The number of piperazine rings is 1. The van der Waals surface area contributed by atoms with E-state index in [-0.39, 0.29) is 0 Å². The van der Waals surface area contributed by atoms with Gasteiger partial charge in [0.1, 0.15) is 18.0 Å². The van der Waals surface area contributed by atoms with E-state index in [9.17, 15) is 0 Å². The maximum Gasteiger partial charge on any atom is 0.150 e. The first-order valence-corrected chi connectivity index (χ1v) is 8.77. The molecule has 3 aromatic rings. The van der Waals surface area contributed by atoms with Gasteiger partial charge >= 0.3 is 0 Å². The van der Waals surface area contributed by atoms with Crippen molar-refractivity contribution in [3.63, 3.8) is 0 Å². The molecule has 0 unspecified atom stereocenters. The van der Waals surface area contributed by atoms with Gasteiger partial charge in [-0.3, -0.25) is 0 Å². The van der Waals surface area contributed by atoms with E-state index in [4.69, 9.17) is 0 Å². The second-order valence-electron chi connectivity index (χ2n) is 5.70. The van der Waals surface area contributed by atoms with Crippen LogP contribution < -0.4 is 9.80 Å². The Hall–Kier alpha value is -2.21. The van der Waals surface area contributed by atoms with Crippen molar-refractivity contribution < 1.29 is 0 Å². The van der Waals surface area contributed by atoms with Gasteiger partial charge in [-0.25, -0.2) is 9.97 Å². The van der Waals surface area contributed by atoms with E-state index in [1.54, 1.807) is 17.9 Å². The van der Waals surface area contributed by atoms with Crippen molar-refractivity contribution in [2.45, 2.75) is 13.3 Å². The molecule has 3 heterocycles. The normalized spacial score (nSPS) is 15.3. The summed E-state index contributed by atoms with van der Waals surface area (Å²) in [7, 11) is 0. The number of rotatable bonds is 3. The summed E-state index contributed by atoms with van der Waals surface area (Å²) >= 11 is 1.58. The molecule has 1 saturated heterocycles. The van der Waals surface area contributed by atoms with Gasteiger partial charge in [0, 0.05) is 43.3 Å². The summed E-state index contributed by atoms with van der Waals surface area (Å²) in [5, 5.41) is 1.27. The average molecular weight is 325 g/mol. The third-order valence-electron chi connectivity index (χ3n) is 4.33. The topological polar surface area (TPSA) is 45.2 Å². The van der Waals surface area contributed by atoms with Crippen molar-refractivity contribution in [3.8, 4) is 0 Å². The second-order valence-corrected chi connectivity index (χ2v) is 6.50. The Kier molecular flexibility index (Phi) is 3.83. The minimum Gasteiger partial charge on any atom is -0.353 e. The molecule has 0 saturated carbocycles. The van der Waals surface area contributed by atoms with E-state index >= 15 is 0 Å². The van der Waals surface area contributed by atoms with Crippen molar-refractivity contribution >= 4 is 33.3 Å². The van der Waals surface area contributed by atoms with Gasteiger partial charge in [-0.15, -0.1) is 0 Å². The Bertz CT molecular complexity index is 807. The van der Waals surface area contributed by atoms with Crippen molar-refractivity contribution in [2.24, 2.45) is 0 Å². The third-order valence-corrected chi connectivity index (χ3v) is 5.15. The highest BCUT2D eigenvalue weighted by molar-refractivity contribution is 7.13. The van der Waals surface area contributed by atoms with Gasteiger partial charge < -0.3 is 9.80 Å². The van der Waals surface area contributed by atoms with Crippen molar-refractivity contribution in [3.05, 3.63) is 42.4 Å². The van der Waals surface area contributed by atoms with Crippen LogP contribution in [0.3, 0.4) is 0 Å². The predicted molar refractivity (Wildman–Crippen MR) is 95.5 cm³/mol. The van der Waals surface area contributed by atoms with Crippen LogP contribution in [0.25, 0.3) is 10.1 Å². The minimum absolute atomic E-state index is 0.945. The Labute approximate surface area is 139 Å². The monoisotopic (exact) mass is 325 g/mol. The van der Waals surface area contributed by atoms with Crippen LogP contribution in [0.5, 0.6) is 0 Å². The summed E-state index contributed by atoms with van der Waals surface area (Å²) in [5.74, 6) is 2.17. The predicted octanol–water partition coefficient (Wildman–Crippen LogP) is 2.98. The quantitative estimate of drug-likeness (QED) is 0.741. The van der Waals surface area contributed by atoms with Crippen LogP contribution in [-0.4, -0.2) is 40.5 Å². The molecule has 1 aliphatic heterocycles. The zero-order valence-corrected chi connectivity index (χ0v) is 14.0. The SMILES string of the molecule is CCc1cc(N2CCN(c3nsc4ccccc34)CC2)ncn1. The maximum atomic E-state index is 4.67. The van der Waals surface area contributed by atoms with E-state index in [2.05, 4.69) is 61.4 Å². The van der Waals surface area contributed by atoms with Crippen molar-refractivity contribution in [1.82, 2.24) is 14.3 Å². The third kappa shape index (κ3) is 2.74. The average Bonchev–Trinajstić information content (AvgIpc) is 3.06. The van der Waals surface area contributed by atoms with Crippen LogP contribution in [0.2, 0.25) is 0 Å². The van der Waals surface area contributed by atoms with Crippen LogP contribution in [0.15, 0.2) is 36.7 Å². The molecule has 0 radical (unpaired) electrons. The first-order valence-electron chi connectivity index (χ1n) is 8.00. The molecule has 0 aliphatic carbocycles. The molecule has 118 valence electrons. The van der Waals surface area contributed by atoms with E-state index in [1.165, 1.54) is 10.1 Å². The second kappa shape index (κ2) is 6.12. The molecule has 4 rings (SSSR count). The summed E-state index contributed by atoms with van der Waals surface area (Å²) < 4.78 is 5.93. The van der Waals surface area contributed by atoms with Gasteiger partial charge in [0.05, 0.1) is 4.70 Å². The van der Waals surface area contributed by atoms with E-state index in [1.807, 2.05) is 0 Å². The van der Waals surface area contributed by atoms with Crippen molar-refractivity contribution in [1.29, 1.82) is 0 Å². The molecule has 1 fully saturated rings. The standard InChI is InChI=1S/C17H19N5S/c1-2-13-11-16(19-12-18-13)21-7-9-22(10-8-21)17-14-5-3-4-6-15(14)23-20-17/h3-6,11-12H,2,7-10H2,1H3. The van der Waals surface area contributed by atoms with Crippen LogP contribution in [-0.2, 0) is 6.42 Å². The van der Waals surface area contributed by atoms with Gasteiger partial charge in [-0.2, -0.15) is 4.37 Å². The van der Waals surface area contributed by atoms with Crippen LogP contribution >= 0.6 is 11.5 Å². The van der Waals surface area contributed by atoms with Crippen LogP contribution in [0.1, 0.15) is 12.6 Å². The highest BCUT2D eigenvalue weighted by Crippen LogP contribution is 2.30. The van der Waals surface area contributed by atoms with E-state index in [0.29, 0.717) is 0 Å². The van der Waals surface area contributed by atoms with E-state index < -0.39 is 0 Å². The summed E-state index contributed by atoms with van der Waals surface area (Å²) in [6, 6.07) is 10.6. The molecule has 5 nitrogen and oxygen atoms in total. The molecule has 0 atom stereocenters. The number of hydrogen-bond donors (Lipinski definition) is 0. The highest BCUT2D eigenvalue weighted by atomic mass is 32.1. The highest BCUT2D eigenvalue weighted by Gasteiger charge is 2.21. The fourth-order valence-corrected chi connectivity index (χ4v) is 3.80. The molecule has 6 heteroatoms. The summed E-state index contributed by atoms with van der Waals surface area (Å²) in [6.45, 7) is 5.99.